The first-order valence-corrected chi connectivity index (χ1v) is 7.28. The maximum absolute atomic E-state index is 11.7. The van der Waals surface area contributed by atoms with Crippen LogP contribution in [0.1, 0.15) is 44.1 Å². The van der Waals surface area contributed by atoms with E-state index in [4.69, 9.17) is 5.73 Å². The number of nitrogens with two attached hydrogens (primary N) is 1. The third kappa shape index (κ3) is 4.42. The molecule has 0 aliphatic carbocycles. The average molecular weight is 268 g/mol. The summed E-state index contributed by atoms with van der Waals surface area (Å²) in [7, 11) is 0. The Balaban J connectivity index is 2.47. The number of hydrogen-bond donors (Lipinski definition) is 2. The highest BCUT2D eigenvalue weighted by Crippen LogP contribution is 2.30. The van der Waals surface area contributed by atoms with Crippen molar-refractivity contribution in [3.8, 4) is 0 Å². The first-order valence-electron chi connectivity index (χ1n) is 6.40. The van der Waals surface area contributed by atoms with Crippen LogP contribution in [0, 0.1) is 6.92 Å². The summed E-state index contributed by atoms with van der Waals surface area (Å²) in [5, 5.41) is 5.11. The first-order chi connectivity index (χ1) is 8.33. The Morgan fingerprint density at radius 3 is 2.72 bits per heavy atom. The van der Waals surface area contributed by atoms with Crippen LogP contribution in [0.3, 0.4) is 0 Å². The predicted molar refractivity (Wildman–Crippen MR) is 78.0 cm³/mol. The van der Waals surface area contributed by atoms with E-state index in [2.05, 4.69) is 37.5 Å². The number of nitrogens with one attached hydrogen (secondary N) is 1. The summed E-state index contributed by atoms with van der Waals surface area (Å²) in [5.41, 5.74) is 6.93. The van der Waals surface area contributed by atoms with Gasteiger partial charge in [0.05, 0.1) is 0 Å². The molecule has 0 aliphatic heterocycles. The highest BCUT2D eigenvalue weighted by Gasteiger charge is 2.24. The average Bonchev–Trinajstić information content (AvgIpc) is 2.71. The lowest BCUT2D eigenvalue weighted by molar-refractivity contribution is -0.121. The van der Waals surface area contributed by atoms with E-state index in [1.807, 2.05) is 6.92 Å². The Labute approximate surface area is 114 Å². The molecule has 18 heavy (non-hydrogen) atoms. The molecule has 0 radical (unpaired) electrons. The Kier molecular flexibility index (Phi) is 5.35. The van der Waals surface area contributed by atoms with Crippen molar-refractivity contribution in [3.63, 3.8) is 0 Å². The van der Waals surface area contributed by atoms with Crippen LogP contribution >= 0.6 is 11.3 Å². The molecule has 1 heterocycles. The summed E-state index contributed by atoms with van der Waals surface area (Å²) in [6.45, 7) is 9.04. The molecule has 0 aromatic carbocycles. The van der Waals surface area contributed by atoms with Gasteiger partial charge in [0.15, 0.2) is 0 Å². The maximum atomic E-state index is 11.7. The van der Waals surface area contributed by atoms with E-state index in [-0.39, 0.29) is 17.4 Å². The second kappa shape index (κ2) is 6.34. The van der Waals surface area contributed by atoms with Crippen molar-refractivity contribution >= 4 is 17.2 Å². The zero-order valence-electron chi connectivity index (χ0n) is 11.7. The molecule has 4 heteroatoms. The van der Waals surface area contributed by atoms with Crippen LogP contribution in [0.5, 0.6) is 0 Å². The van der Waals surface area contributed by atoms with E-state index in [9.17, 15) is 4.79 Å². The third-order valence-corrected chi connectivity index (χ3v) is 4.41. The van der Waals surface area contributed by atoms with Gasteiger partial charge in [0.1, 0.15) is 0 Å². The zero-order valence-corrected chi connectivity index (χ0v) is 12.6. The van der Waals surface area contributed by atoms with Gasteiger partial charge in [-0.15, -0.1) is 11.3 Å². The van der Waals surface area contributed by atoms with Crippen LogP contribution in [0.4, 0.5) is 0 Å². The van der Waals surface area contributed by atoms with Crippen LogP contribution in [-0.4, -0.2) is 18.5 Å². The van der Waals surface area contributed by atoms with Gasteiger partial charge in [0.2, 0.25) is 5.91 Å². The summed E-state index contributed by atoms with van der Waals surface area (Å²) in [6, 6.07) is 2.21. The van der Waals surface area contributed by atoms with Crippen LogP contribution in [-0.2, 0) is 10.2 Å². The Morgan fingerprint density at radius 2 is 2.22 bits per heavy atom. The number of rotatable bonds is 6. The lowest BCUT2D eigenvalue weighted by atomic mass is 9.89. The summed E-state index contributed by atoms with van der Waals surface area (Å²) in [6.07, 6.45) is 1.25. The Hall–Kier alpha value is -0.870. The molecule has 0 saturated carbocycles. The third-order valence-electron chi connectivity index (χ3n) is 3.03. The molecule has 1 unspecified atom stereocenters. The van der Waals surface area contributed by atoms with E-state index in [1.165, 1.54) is 10.4 Å². The minimum atomic E-state index is -0.0117. The lowest BCUT2D eigenvalue weighted by Gasteiger charge is -2.25. The van der Waals surface area contributed by atoms with Gasteiger partial charge in [0, 0.05) is 29.3 Å². The highest BCUT2D eigenvalue weighted by atomic mass is 32.1. The molecule has 0 aliphatic rings. The van der Waals surface area contributed by atoms with Crippen molar-refractivity contribution in [3.05, 3.63) is 21.9 Å². The fraction of sp³-hybridized carbons (Fsp3) is 0.643. The van der Waals surface area contributed by atoms with Crippen LogP contribution in [0.15, 0.2) is 11.4 Å². The molecule has 0 spiro atoms. The molecular formula is C14H24N2OS. The number of carbonyl (C=O) groups is 1. The number of hydrogen-bond acceptors (Lipinski definition) is 3. The molecule has 1 amide bonds. The molecule has 0 fully saturated rings. The maximum Gasteiger partial charge on any atom is 0.220 e. The van der Waals surface area contributed by atoms with Gasteiger partial charge >= 0.3 is 0 Å². The fourth-order valence-corrected chi connectivity index (χ4v) is 2.97. The summed E-state index contributed by atoms with van der Waals surface area (Å²) in [4.78, 5) is 13.0. The van der Waals surface area contributed by atoms with Crippen LogP contribution < -0.4 is 11.1 Å². The van der Waals surface area contributed by atoms with Gasteiger partial charge in [-0.05, 0) is 37.3 Å². The van der Waals surface area contributed by atoms with Crippen molar-refractivity contribution < 1.29 is 4.79 Å². The molecule has 0 saturated heterocycles. The van der Waals surface area contributed by atoms with Gasteiger partial charge in [0.25, 0.3) is 0 Å². The van der Waals surface area contributed by atoms with Crippen LogP contribution in [0.2, 0.25) is 0 Å². The van der Waals surface area contributed by atoms with Gasteiger partial charge < -0.3 is 11.1 Å². The van der Waals surface area contributed by atoms with E-state index in [1.54, 1.807) is 11.3 Å². The second-order valence-corrected chi connectivity index (χ2v) is 6.53. The molecule has 102 valence electrons. The molecule has 3 nitrogen and oxygen atoms in total. The van der Waals surface area contributed by atoms with Gasteiger partial charge in [-0.25, -0.2) is 0 Å². The fourth-order valence-electron chi connectivity index (χ4n) is 1.91. The number of amides is 1. The summed E-state index contributed by atoms with van der Waals surface area (Å²) >= 11 is 1.76. The number of carbonyl (C=O) groups excluding carboxylic acids is 1. The first kappa shape index (κ1) is 15.2. The van der Waals surface area contributed by atoms with Gasteiger partial charge in [-0.3, -0.25) is 4.79 Å². The highest BCUT2D eigenvalue weighted by molar-refractivity contribution is 7.10. The minimum Gasteiger partial charge on any atom is -0.355 e. The summed E-state index contributed by atoms with van der Waals surface area (Å²) in [5.74, 6) is 0.0922. The number of aryl methyl sites for hydroxylation is 1. The van der Waals surface area contributed by atoms with Crippen molar-refractivity contribution in [2.24, 2.45) is 5.73 Å². The summed E-state index contributed by atoms with van der Waals surface area (Å²) < 4.78 is 0. The molecule has 1 atom stereocenters. The van der Waals surface area contributed by atoms with E-state index in [0.29, 0.717) is 13.0 Å². The van der Waals surface area contributed by atoms with Crippen molar-refractivity contribution in [2.45, 2.75) is 52.0 Å². The van der Waals surface area contributed by atoms with Gasteiger partial charge in [-0.2, -0.15) is 0 Å². The minimum absolute atomic E-state index is 0.0117. The van der Waals surface area contributed by atoms with E-state index >= 15 is 0 Å². The topological polar surface area (TPSA) is 55.1 Å². The second-order valence-electron chi connectivity index (χ2n) is 5.61. The normalized spacial score (nSPS) is 13.4. The largest absolute Gasteiger partial charge is 0.355 e. The van der Waals surface area contributed by atoms with Crippen molar-refractivity contribution in [2.75, 3.05) is 6.54 Å². The molecule has 1 aromatic rings. The lowest BCUT2D eigenvalue weighted by Crippen LogP contribution is -2.37. The SMILES string of the molecule is Cc1ccsc1C(C)(C)CNC(=O)CCC(C)N. The van der Waals surface area contributed by atoms with Crippen LogP contribution in [0.25, 0.3) is 0 Å². The standard InChI is InChI=1S/C14H24N2OS/c1-10-7-8-18-13(10)14(3,4)9-16-12(17)6-5-11(2)15/h7-8,11H,5-6,9,15H2,1-4H3,(H,16,17). The Bertz CT molecular complexity index is 396. The molecule has 0 bridgehead atoms. The molecular weight excluding hydrogens is 244 g/mol. The predicted octanol–water partition coefficient (Wildman–Crippen LogP) is 2.58. The van der Waals surface area contributed by atoms with E-state index < -0.39 is 0 Å². The molecule has 1 rings (SSSR count). The van der Waals surface area contributed by atoms with Gasteiger partial charge in [-0.1, -0.05) is 13.8 Å². The molecule has 3 N–H and O–H groups in total. The van der Waals surface area contributed by atoms with Crippen molar-refractivity contribution in [1.29, 1.82) is 0 Å². The van der Waals surface area contributed by atoms with Crippen molar-refractivity contribution in [1.82, 2.24) is 5.32 Å². The smallest absolute Gasteiger partial charge is 0.220 e. The quantitative estimate of drug-likeness (QED) is 0.833. The monoisotopic (exact) mass is 268 g/mol. The van der Waals surface area contributed by atoms with E-state index in [0.717, 1.165) is 6.42 Å². The molecule has 1 aromatic heterocycles. The number of thiophene rings is 1. The zero-order chi connectivity index (χ0) is 13.8. The Morgan fingerprint density at radius 1 is 1.56 bits per heavy atom.